The molecule has 0 fully saturated rings. The van der Waals surface area contributed by atoms with E-state index in [2.05, 4.69) is 5.73 Å². The van der Waals surface area contributed by atoms with Crippen molar-refractivity contribution >= 4 is 12.9 Å². The molecule has 5 heteroatoms. The van der Waals surface area contributed by atoms with Crippen LogP contribution in [0.1, 0.15) is 0 Å². The first-order valence-corrected chi connectivity index (χ1v) is 1.57. The minimum absolute atomic E-state index is 0.250. The summed E-state index contributed by atoms with van der Waals surface area (Å²) in [5, 5.41) is 13.8. The van der Waals surface area contributed by atoms with E-state index in [0.717, 1.165) is 0 Å². The molecule has 0 heterocycles. The topological polar surface area (TPSA) is 101 Å². The highest BCUT2D eigenvalue weighted by atomic mass is 16.3. The molecule has 0 radical (unpaired) electrons. The third kappa shape index (κ3) is 61.6. The van der Waals surface area contributed by atoms with E-state index in [1.807, 2.05) is 0 Å². The highest BCUT2D eigenvalue weighted by molar-refractivity contribution is 5.32. The lowest BCUT2D eigenvalue weighted by atomic mass is 11.6. The molecule has 0 aliphatic carbocycles. The van der Waals surface area contributed by atoms with Crippen LogP contribution in [0.25, 0.3) is 0 Å². The highest BCUT2D eigenvalue weighted by Crippen LogP contribution is 0.969. The van der Waals surface area contributed by atoms with Gasteiger partial charge in [0.1, 0.15) is 0 Å². The maximum Gasteiger partial charge on any atom is 0.290 e. The molecule has 0 unspecified atom stereocenters. The summed E-state index contributed by atoms with van der Waals surface area (Å²) < 4.78 is 0. The molecular formula is C3H9NO4. The first-order chi connectivity index (χ1) is 3.83. The Labute approximate surface area is 46.7 Å². The van der Waals surface area contributed by atoms with Gasteiger partial charge < -0.3 is 15.9 Å². The van der Waals surface area contributed by atoms with Gasteiger partial charge in [-0.05, 0) is 7.05 Å². The number of hydrogen-bond donors (Lipinski definition) is 3. The molecule has 8 heavy (non-hydrogen) atoms. The van der Waals surface area contributed by atoms with Crippen LogP contribution >= 0.6 is 0 Å². The average molecular weight is 123 g/mol. The van der Waals surface area contributed by atoms with E-state index >= 15 is 0 Å². The molecule has 0 aromatic carbocycles. The Hall–Kier alpha value is -1.10. The van der Waals surface area contributed by atoms with E-state index in [4.69, 9.17) is 19.8 Å². The SMILES string of the molecule is CN.O=CO.O=CO. The second-order valence-electron chi connectivity index (χ2n) is 0.211. The van der Waals surface area contributed by atoms with Crippen molar-refractivity contribution in [3.8, 4) is 0 Å². The summed E-state index contributed by atoms with van der Waals surface area (Å²) in [5.41, 5.74) is 4.50. The fourth-order valence-electron chi connectivity index (χ4n) is 0. The van der Waals surface area contributed by atoms with E-state index in [1.54, 1.807) is 0 Å². The molecular weight excluding hydrogens is 114 g/mol. The van der Waals surface area contributed by atoms with Gasteiger partial charge in [-0.25, -0.2) is 0 Å². The molecule has 0 saturated heterocycles. The number of carboxylic acid groups (broad SMARTS) is 2. The van der Waals surface area contributed by atoms with Crippen LogP contribution < -0.4 is 5.73 Å². The van der Waals surface area contributed by atoms with E-state index in [1.165, 1.54) is 7.05 Å². The van der Waals surface area contributed by atoms with Crippen LogP contribution in [-0.2, 0) is 9.59 Å². The van der Waals surface area contributed by atoms with Crippen LogP contribution in [0.3, 0.4) is 0 Å². The Morgan fingerprint density at radius 1 is 1.12 bits per heavy atom. The normalized spacial score (nSPS) is 3.75. The van der Waals surface area contributed by atoms with E-state index < -0.39 is 0 Å². The van der Waals surface area contributed by atoms with Gasteiger partial charge in [0.05, 0.1) is 0 Å². The Kier molecular flexibility index (Phi) is 345. The molecule has 0 saturated carbocycles. The number of carbonyl (C=O) groups is 2. The fraction of sp³-hybridized carbons (Fsp3) is 0.333. The minimum Gasteiger partial charge on any atom is -0.483 e. The van der Waals surface area contributed by atoms with Crippen LogP contribution in [0.2, 0.25) is 0 Å². The van der Waals surface area contributed by atoms with Crippen molar-refractivity contribution in [2.75, 3.05) is 7.05 Å². The molecule has 0 aromatic rings. The van der Waals surface area contributed by atoms with Gasteiger partial charge in [-0.15, -0.1) is 0 Å². The lowest BCUT2D eigenvalue weighted by Crippen LogP contribution is -1.69. The van der Waals surface area contributed by atoms with Gasteiger partial charge in [0.15, 0.2) is 0 Å². The third-order valence-corrected chi connectivity index (χ3v) is 0. The van der Waals surface area contributed by atoms with Crippen LogP contribution in [0, 0.1) is 0 Å². The van der Waals surface area contributed by atoms with Gasteiger partial charge in [-0.2, -0.15) is 0 Å². The second-order valence-corrected chi connectivity index (χ2v) is 0.211. The van der Waals surface area contributed by atoms with Crippen LogP contribution in [0.15, 0.2) is 0 Å². The number of hydrogen-bond acceptors (Lipinski definition) is 3. The lowest BCUT2D eigenvalue weighted by Gasteiger charge is -1.34. The van der Waals surface area contributed by atoms with Gasteiger partial charge >= 0.3 is 0 Å². The number of rotatable bonds is 0. The first-order valence-electron chi connectivity index (χ1n) is 1.57. The molecule has 0 spiro atoms. The molecule has 0 amide bonds. The Morgan fingerprint density at radius 2 is 1.12 bits per heavy atom. The highest BCUT2D eigenvalue weighted by Gasteiger charge is 1.22. The Bertz CT molecular complexity index is 32.3. The Balaban J connectivity index is -0.0000000483. The van der Waals surface area contributed by atoms with Crippen molar-refractivity contribution in [1.82, 2.24) is 0 Å². The van der Waals surface area contributed by atoms with Gasteiger partial charge in [-0.1, -0.05) is 0 Å². The summed E-state index contributed by atoms with van der Waals surface area (Å²) in [4.78, 5) is 16.7. The predicted molar refractivity (Wildman–Crippen MR) is 27.5 cm³/mol. The molecule has 0 aliphatic heterocycles. The van der Waals surface area contributed by atoms with Crippen molar-refractivity contribution < 1.29 is 19.8 Å². The molecule has 0 atom stereocenters. The van der Waals surface area contributed by atoms with Gasteiger partial charge in [-0.3, -0.25) is 9.59 Å². The third-order valence-electron chi connectivity index (χ3n) is 0. The quantitative estimate of drug-likeness (QED) is 0.358. The zero-order chi connectivity index (χ0) is 7.41. The van der Waals surface area contributed by atoms with E-state index in [9.17, 15) is 0 Å². The molecule has 50 valence electrons. The standard InChI is InChI=1S/CH5N.2CH2O2/c1-2;2*2-1-3/h2H2,1H3;2*1H,(H,2,3). The maximum absolute atomic E-state index is 8.36. The predicted octanol–water partition coefficient (Wildman–Crippen LogP) is -1.02. The molecule has 0 aromatic heterocycles. The molecule has 5 nitrogen and oxygen atoms in total. The second kappa shape index (κ2) is 175. The van der Waals surface area contributed by atoms with Crippen molar-refractivity contribution in [2.24, 2.45) is 5.73 Å². The minimum atomic E-state index is -0.250. The van der Waals surface area contributed by atoms with Gasteiger partial charge in [0.25, 0.3) is 12.9 Å². The lowest BCUT2D eigenvalue weighted by molar-refractivity contribution is -0.123. The largest absolute Gasteiger partial charge is 0.483 e. The van der Waals surface area contributed by atoms with Gasteiger partial charge in [0, 0.05) is 0 Å². The van der Waals surface area contributed by atoms with Crippen molar-refractivity contribution in [3.63, 3.8) is 0 Å². The zero-order valence-electron chi connectivity index (χ0n) is 4.44. The van der Waals surface area contributed by atoms with Crippen LogP contribution in [0.5, 0.6) is 0 Å². The molecule has 0 bridgehead atoms. The summed E-state index contributed by atoms with van der Waals surface area (Å²) in [7, 11) is 1.50. The van der Waals surface area contributed by atoms with Crippen LogP contribution in [-0.4, -0.2) is 30.2 Å². The molecule has 4 N–H and O–H groups in total. The molecule has 0 rings (SSSR count). The van der Waals surface area contributed by atoms with E-state index in [-0.39, 0.29) is 12.9 Å². The van der Waals surface area contributed by atoms with Crippen LogP contribution in [0.4, 0.5) is 0 Å². The summed E-state index contributed by atoms with van der Waals surface area (Å²) in [6, 6.07) is 0. The van der Waals surface area contributed by atoms with Crippen molar-refractivity contribution in [2.45, 2.75) is 0 Å². The summed E-state index contributed by atoms with van der Waals surface area (Å²) in [5.74, 6) is 0. The molecule has 0 aliphatic rings. The smallest absolute Gasteiger partial charge is 0.290 e. The number of nitrogens with two attached hydrogens (primary N) is 1. The zero-order valence-corrected chi connectivity index (χ0v) is 4.44. The van der Waals surface area contributed by atoms with E-state index in [0.29, 0.717) is 0 Å². The average Bonchev–Trinajstić information content (AvgIpc) is 1.75. The summed E-state index contributed by atoms with van der Waals surface area (Å²) in [6.07, 6.45) is 0. The Morgan fingerprint density at radius 3 is 1.12 bits per heavy atom. The monoisotopic (exact) mass is 123 g/mol. The van der Waals surface area contributed by atoms with Gasteiger partial charge in [0.2, 0.25) is 0 Å². The summed E-state index contributed by atoms with van der Waals surface area (Å²) in [6.45, 7) is -0.500. The van der Waals surface area contributed by atoms with Crippen molar-refractivity contribution in [3.05, 3.63) is 0 Å². The maximum atomic E-state index is 8.36. The summed E-state index contributed by atoms with van der Waals surface area (Å²) >= 11 is 0. The van der Waals surface area contributed by atoms with Crippen molar-refractivity contribution in [1.29, 1.82) is 0 Å². The first kappa shape index (κ1) is 15.8. The fourth-order valence-corrected chi connectivity index (χ4v) is 0.